The smallest absolute Gasteiger partial charge is 0.182 e. The number of hydrogen-bond donors (Lipinski definition) is 1. The van der Waals surface area contributed by atoms with Gasteiger partial charge in [-0.15, -0.1) is 0 Å². The molecule has 0 aliphatic rings. The van der Waals surface area contributed by atoms with E-state index >= 15 is 0 Å². The van der Waals surface area contributed by atoms with Crippen molar-refractivity contribution in [1.29, 1.82) is 0 Å². The molecule has 5 heteroatoms. The van der Waals surface area contributed by atoms with Crippen LogP contribution >= 0.6 is 0 Å². The van der Waals surface area contributed by atoms with Gasteiger partial charge in [-0.05, 0) is 35.9 Å². The fourth-order valence-corrected chi connectivity index (χ4v) is 3.15. The Labute approximate surface area is 112 Å². The predicted molar refractivity (Wildman–Crippen MR) is 74.7 cm³/mol. The molecule has 100 valence electrons. The van der Waals surface area contributed by atoms with Crippen molar-refractivity contribution in [2.45, 2.75) is 10.6 Å². The van der Waals surface area contributed by atoms with E-state index < -0.39 is 9.84 Å². The molecular formula is C14H15NO3S. The molecule has 19 heavy (non-hydrogen) atoms. The van der Waals surface area contributed by atoms with Gasteiger partial charge in [-0.25, -0.2) is 8.42 Å². The van der Waals surface area contributed by atoms with Gasteiger partial charge in [0.1, 0.15) is 5.75 Å². The van der Waals surface area contributed by atoms with E-state index in [1.807, 2.05) is 0 Å². The molecule has 0 unspecified atom stereocenters. The maximum absolute atomic E-state index is 12.3. The van der Waals surface area contributed by atoms with Gasteiger partial charge < -0.3 is 10.5 Å². The highest BCUT2D eigenvalue weighted by atomic mass is 32.2. The summed E-state index contributed by atoms with van der Waals surface area (Å²) in [6.07, 6.45) is 0. The Hall–Kier alpha value is -2.01. The predicted octanol–water partition coefficient (Wildman–Crippen LogP) is 2.25. The Morgan fingerprint density at radius 1 is 1.11 bits per heavy atom. The molecule has 4 nitrogen and oxygen atoms in total. The van der Waals surface area contributed by atoms with Gasteiger partial charge in [0, 0.05) is 5.69 Å². The van der Waals surface area contributed by atoms with Gasteiger partial charge in [-0.2, -0.15) is 0 Å². The highest BCUT2D eigenvalue weighted by Gasteiger charge is 2.16. The molecule has 2 aromatic rings. The van der Waals surface area contributed by atoms with Crippen molar-refractivity contribution in [3.63, 3.8) is 0 Å². The van der Waals surface area contributed by atoms with Crippen molar-refractivity contribution in [2.24, 2.45) is 0 Å². The molecule has 0 aliphatic heterocycles. The van der Waals surface area contributed by atoms with Gasteiger partial charge >= 0.3 is 0 Å². The van der Waals surface area contributed by atoms with Crippen LogP contribution in [0.5, 0.6) is 5.75 Å². The zero-order valence-corrected chi connectivity index (χ0v) is 11.4. The average molecular weight is 277 g/mol. The van der Waals surface area contributed by atoms with Gasteiger partial charge in [0.25, 0.3) is 0 Å². The number of ether oxygens (including phenoxy) is 1. The van der Waals surface area contributed by atoms with E-state index in [1.54, 1.807) is 42.5 Å². The van der Waals surface area contributed by atoms with Crippen molar-refractivity contribution >= 4 is 15.5 Å². The number of nitrogen functional groups attached to an aromatic ring is 1. The van der Waals surface area contributed by atoms with Gasteiger partial charge in [0.05, 0.1) is 17.8 Å². The zero-order chi connectivity index (χ0) is 13.9. The number of sulfone groups is 1. The maximum atomic E-state index is 12.3. The summed E-state index contributed by atoms with van der Waals surface area (Å²) in [5.74, 6) is 0.444. The van der Waals surface area contributed by atoms with Gasteiger partial charge in [0.2, 0.25) is 0 Å². The van der Waals surface area contributed by atoms with E-state index in [4.69, 9.17) is 10.5 Å². The fraction of sp³-hybridized carbons (Fsp3) is 0.143. The van der Waals surface area contributed by atoms with E-state index in [2.05, 4.69) is 0 Å². The quantitative estimate of drug-likeness (QED) is 0.870. The van der Waals surface area contributed by atoms with Crippen LogP contribution in [0.3, 0.4) is 0 Å². The summed E-state index contributed by atoms with van der Waals surface area (Å²) in [5.41, 5.74) is 6.87. The van der Waals surface area contributed by atoms with E-state index in [-0.39, 0.29) is 10.6 Å². The number of benzene rings is 2. The Morgan fingerprint density at radius 2 is 1.84 bits per heavy atom. The van der Waals surface area contributed by atoms with Crippen molar-refractivity contribution < 1.29 is 13.2 Å². The third-order valence-corrected chi connectivity index (χ3v) is 4.39. The van der Waals surface area contributed by atoms with Crippen molar-refractivity contribution in [1.82, 2.24) is 0 Å². The molecule has 0 saturated carbocycles. The summed E-state index contributed by atoms with van der Waals surface area (Å²) < 4.78 is 29.6. The number of methoxy groups -OCH3 is 1. The second-order valence-corrected chi connectivity index (χ2v) is 6.17. The van der Waals surface area contributed by atoms with Crippen LogP contribution in [0.15, 0.2) is 53.4 Å². The van der Waals surface area contributed by atoms with Crippen LogP contribution in [-0.2, 0) is 15.6 Å². The Bertz CT molecular complexity index is 681. The highest BCUT2D eigenvalue weighted by molar-refractivity contribution is 7.90. The third kappa shape index (κ3) is 3.26. The van der Waals surface area contributed by atoms with Crippen LogP contribution in [0.25, 0.3) is 0 Å². The van der Waals surface area contributed by atoms with Gasteiger partial charge in [-0.3, -0.25) is 0 Å². The summed E-state index contributed by atoms with van der Waals surface area (Å²) in [7, 11) is -1.89. The number of nitrogens with two attached hydrogens (primary N) is 1. The van der Waals surface area contributed by atoms with E-state index in [9.17, 15) is 8.42 Å². The first kappa shape index (κ1) is 13.4. The topological polar surface area (TPSA) is 69.4 Å². The minimum Gasteiger partial charge on any atom is -0.497 e. The molecule has 2 rings (SSSR count). The molecule has 0 fully saturated rings. The SMILES string of the molecule is COc1cccc(S(=O)(=O)Cc2cccc(N)c2)c1. The first-order valence-electron chi connectivity index (χ1n) is 5.72. The summed E-state index contributed by atoms with van der Waals surface area (Å²) in [4.78, 5) is 0.245. The molecule has 0 heterocycles. The van der Waals surface area contributed by atoms with Crippen LogP contribution in [0.2, 0.25) is 0 Å². The maximum Gasteiger partial charge on any atom is 0.182 e. The first-order chi connectivity index (χ1) is 9.01. The van der Waals surface area contributed by atoms with Crippen LogP contribution in [0.1, 0.15) is 5.56 Å². The van der Waals surface area contributed by atoms with Crippen LogP contribution in [0.4, 0.5) is 5.69 Å². The lowest BCUT2D eigenvalue weighted by Crippen LogP contribution is -2.05. The summed E-state index contributed by atoms with van der Waals surface area (Å²) in [5, 5.41) is 0. The molecular weight excluding hydrogens is 262 g/mol. The second-order valence-electron chi connectivity index (χ2n) is 4.18. The molecule has 2 aromatic carbocycles. The first-order valence-corrected chi connectivity index (χ1v) is 7.38. The lowest BCUT2D eigenvalue weighted by molar-refractivity contribution is 0.413. The largest absolute Gasteiger partial charge is 0.497 e. The highest BCUT2D eigenvalue weighted by Crippen LogP contribution is 2.21. The Balaban J connectivity index is 2.32. The molecule has 0 amide bonds. The lowest BCUT2D eigenvalue weighted by atomic mass is 10.2. The molecule has 0 bridgehead atoms. The normalized spacial score (nSPS) is 11.2. The summed E-state index contributed by atoms with van der Waals surface area (Å²) >= 11 is 0. The van der Waals surface area contributed by atoms with Gasteiger partial charge in [-0.1, -0.05) is 18.2 Å². The minimum absolute atomic E-state index is 0.0782. The summed E-state index contributed by atoms with van der Waals surface area (Å²) in [6.45, 7) is 0. The standard InChI is InChI=1S/C14H15NO3S/c1-18-13-6-3-7-14(9-13)19(16,17)10-11-4-2-5-12(15)8-11/h2-9H,10,15H2,1H3. The van der Waals surface area contributed by atoms with Crippen molar-refractivity contribution in [2.75, 3.05) is 12.8 Å². The van der Waals surface area contributed by atoms with Crippen LogP contribution in [0, 0.1) is 0 Å². The second kappa shape index (κ2) is 5.32. The average Bonchev–Trinajstić information content (AvgIpc) is 2.38. The number of rotatable bonds is 4. The summed E-state index contributed by atoms with van der Waals surface area (Å²) in [6, 6.07) is 13.3. The van der Waals surface area contributed by atoms with Crippen molar-refractivity contribution in [3.8, 4) is 5.75 Å². The third-order valence-electron chi connectivity index (χ3n) is 2.71. The molecule has 0 radical (unpaired) electrons. The Kier molecular flexibility index (Phi) is 3.76. The number of hydrogen-bond acceptors (Lipinski definition) is 4. The van der Waals surface area contributed by atoms with Crippen LogP contribution < -0.4 is 10.5 Å². The fourth-order valence-electron chi connectivity index (χ4n) is 1.78. The molecule has 0 aliphatic carbocycles. The Morgan fingerprint density at radius 3 is 2.53 bits per heavy atom. The zero-order valence-electron chi connectivity index (χ0n) is 10.5. The van der Waals surface area contributed by atoms with E-state index in [0.29, 0.717) is 17.0 Å². The van der Waals surface area contributed by atoms with Crippen molar-refractivity contribution in [3.05, 3.63) is 54.1 Å². The molecule has 0 spiro atoms. The van der Waals surface area contributed by atoms with E-state index in [0.717, 1.165) is 0 Å². The van der Waals surface area contributed by atoms with Crippen LogP contribution in [-0.4, -0.2) is 15.5 Å². The lowest BCUT2D eigenvalue weighted by Gasteiger charge is -2.07. The molecule has 2 N–H and O–H groups in total. The van der Waals surface area contributed by atoms with Gasteiger partial charge in [0.15, 0.2) is 9.84 Å². The molecule has 0 aromatic heterocycles. The minimum atomic E-state index is -3.40. The molecule has 0 saturated heterocycles. The monoisotopic (exact) mass is 277 g/mol. The van der Waals surface area contributed by atoms with E-state index in [1.165, 1.54) is 13.2 Å². The molecule has 0 atom stereocenters. The number of anilines is 1.